The molecule has 2 aromatic rings. The second kappa shape index (κ2) is 7.74. The molecular formula is C20H26N4O4S. The number of nitrogens with one attached hydrogen (secondary N) is 1. The van der Waals surface area contributed by atoms with Gasteiger partial charge in [0, 0.05) is 18.8 Å². The van der Waals surface area contributed by atoms with Gasteiger partial charge in [-0.2, -0.15) is 12.7 Å². The highest BCUT2D eigenvalue weighted by Crippen LogP contribution is 2.41. The maximum absolute atomic E-state index is 13.5. The van der Waals surface area contributed by atoms with E-state index in [0.717, 1.165) is 21.1 Å². The molecule has 2 heterocycles. The summed E-state index contributed by atoms with van der Waals surface area (Å²) >= 11 is 0. The number of amides is 1. The molecular weight excluding hydrogens is 392 g/mol. The Labute approximate surface area is 171 Å². The average molecular weight is 419 g/mol. The highest BCUT2D eigenvalue weighted by atomic mass is 32.2. The van der Waals surface area contributed by atoms with Gasteiger partial charge in [-0.15, -0.1) is 0 Å². The van der Waals surface area contributed by atoms with Gasteiger partial charge in [-0.25, -0.2) is 10.1 Å². The van der Waals surface area contributed by atoms with Crippen LogP contribution in [-0.2, 0) is 20.4 Å². The Morgan fingerprint density at radius 1 is 1.24 bits per heavy atom. The molecule has 0 unspecified atom stereocenters. The number of benzene rings is 1. The zero-order valence-electron chi connectivity index (χ0n) is 17.0. The fourth-order valence-electron chi connectivity index (χ4n) is 3.63. The number of hydrogen-bond acceptors (Lipinski definition) is 5. The van der Waals surface area contributed by atoms with Crippen molar-refractivity contribution in [3.63, 3.8) is 0 Å². The predicted molar refractivity (Wildman–Crippen MR) is 111 cm³/mol. The van der Waals surface area contributed by atoms with E-state index in [-0.39, 0.29) is 24.9 Å². The Balaban J connectivity index is 2.03. The lowest BCUT2D eigenvalue weighted by atomic mass is 9.71. The predicted octanol–water partition coefficient (Wildman–Crippen LogP) is 1.92. The zero-order valence-corrected chi connectivity index (χ0v) is 17.8. The monoisotopic (exact) mass is 418 g/mol. The Hall–Kier alpha value is -2.49. The molecule has 0 bridgehead atoms. The van der Waals surface area contributed by atoms with Crippen LogP contribution < -0.4 is 15.2 Å². The lowest BCUT2D eigenvalue weighted by Gasteiger charge is -2.48. The minimum absolute atomic E-state index is 0.0248. The molecule has 9 heteroatoms. The number of nitrogens with two attached hydrogens (primary N) is 1. The molecule has 1 aliphatic heterocycles. The fraction of sp³-hybridized carbons (Fsp3) is 0.400. The average Bonchev–Trinajstić information content (AvgIpc) is 2.61. The van der Waals surface area contributed by atoms with Crippen LogP contribution in [0.4, 0.5) is 5.69 Å². The van der Waals surface area contributed by atoms with Crippen LogP contribution in [-0.4, -0.2) is 43.8 Å². The fourth-order valence-corrected chi connectivity index (χ4v) is 4.43. The van der Waals surface area contributed by atoms with Gasteiger partial charge in [0.25, 0.3) is 10.2 Å². The Bertz CT molecular complexity index is 1030. The lowest BCUT2D eigenvalue weighted by molar-refractivity contribution is -0.125. The van der Waals surface area contributed by atoms with Crippen molar-refractivity contribution in [1.82, 2.24) is 9.29 Å². The number of rotatable bonds is 6. The van der Waals surface area contributed by atoms with Crippen molar-refractivity contribution in [2.24, 2.45) is 5.14 Å². The topological polar surface area (TPSA) is 115 Å². The van der Waals surface area contributed by atoms with Crippen molar-refractivity contribution in [1.29, 1.82) is 0 Å². The van der Waals surface area contributed by atoms with Crippen molar-refractivity contribution in [2.45, 2.75) is 32.1 Å². The quantitative estimate of drug-likeness (QED) is 0.744. The Morgan fingerprint density at radius 2 is 1.90 bits per heavy atom. The first-order chi connectivity index (χ1) is 13.6. The summed E-state index contributed by atoms with van der Waals surface area (Å²) in [6, 6.07) is 11.1. The van der Waals surface area contributed by atoms with E-state index < -0.39 is 15.6 Å². The molecule has 1 aliphatic rings. The smallest absolute Gasteiger partial charge is 0.276 e. The normalized spacial score (nSPS) is 16.3. The van der Waals surface area contributed by atoms with E-state index in [2.05, 4.69) is 10.3 Å². The molecule has 3 N–H and O–H groups in total. The molecule has 0 saturated carbocycles. The van der Waals surface area contributed by atoms with E-state index in [1.54, 1.807) is 12.1 Å². The number of hydrogen-bond donors (Lipinski definition) is 2. The summed E-state index contributed by atoms with van der Waals surface area (Å²) in [5.41, 5.74) is 1.92. The lowest BCUT2D eigenvalue weighted by Crippen LogP contribution is -2.67. The summed E-state index contributed by atoms with van der Waals surface area (Å²) in [7, 11) is -2.41. The van der Waals surface area contributed by atoms with Crippen LogP contribution in [0.15, 0.2) is 36.4 Å². The van der Waals surface area contributed by atoms with Gasteiger partial charge in [-0.3, -0.25) is 4.79 Å². The SMILES string of the molecule is COc1nc(C)ccc1NC(=O)C1(c2ccccc2C(C)C)CN(S(N)(=O)=O)C1. The number of ether oxygens (including phenoxy) is 1. The Morgan fingerprint density at radius 3 is 2.48 bits per heavy atom. The van der Waals surface area contributed by atoms with E-state index in [0.29, 0.717) is 11.6 Å². The summed E-state index contributed by atoms with van der Waals surface area (Å²) in [5, 5.41) is 8.17. The molecule has 3 rings (SSSR count). The van der Waals surface area contributed by atoms with Crippen LogP contribution in [0.5, 0.6) is 5.88 Å². The van der Waals surface area contributed by atoms with Crippen molar-refractivity contribution in [2.75, 3.05) is 25.5 Å². The van der Waals surface area contributed by atoms with Crippen LogP contribution in [0.1, 0.15) is 36.6 Å². The minimum atomic E-state index is -3.89. The molecule has 8 nitrogen and oxygen atoms in total. The highest BCUT2D eigenvalue weighted by molar-refractivity contribution is 7.86. The highest BCUT2D eigenvalue weighted by Gasteiger charge is 2.54. The van der Waals surface area contributed by atoms with E-state index in [1.807, 2.05) is 45.0 Å². The number of pyridine rings is 1. The summed E-state index contributed by atoms with van der Waals surface area (Å²) < 4.78 is 30.0. The van der Waals surface area contributed by atoms with Crippen molar-refractivity contribution >= 4 is 21.8 Å². The standard InChI is InChI=1S/C20H26N4O4S/c1-13(2)15-7-5-6-8-16(15)20(11-24(12-20)29(21,26)27)19(25)23-17-10-9-14(3)22-18(17)28-4/h5-10,13H,11-12H2,1-4H3,(H,23,25)(H2,21,26,27). The van der Waals surface area contributed by atoms with Crippen LogP contribution in [0, 0.1) is 6.92 Å². The third-order valence-electron chi connectivity index (χ3n) is 5.23. The number of nitrogens with zero attached hydrogens (tertiary/aromatic N) is 2. The molecule has 0 spiro atoms. The van der Waals surface area contributed by atoms with Gasteiger partial charge in [0.2, 0.25) is 11.8 Å². The zero-order chi connectivity index (χ0) is 21.4. The van der Waals surface area contributed by atoms with E-state index in [4.69, 9.17) is 9.88 Å². The molecule has 29 heavy (non-hydrogen) atoms. The number of aryl methyl sites for hydroxylation is 1. The summed E-state index contributed by atoms with van der Waals surface area (Å²) in [6.07, 6.45) is 0. The van der Waals surface area contributed by atoms with Gasteiger partial charge in [-0.05, 0) is 36.1 Å². The van der Waals surface area contributed by atoms with Crippen LogP contribution in [0.3, 0.4) is 0 Å². The molecule has 1 fully saturated rings. The first kappa shape index (κ1) is 21.2. The minimum Gasteiger partial charge on any atom is -0.480 e. The van der Waals surface area contributed by atoms with Gasteiger partial charge in [0.05, 0.1) is 7.11 Å². The second-order valence-corrected chi connectivity index (χ2v) is 9.15. The van der Waals surface area contributed by atoms with Crippen molar-refractivity contribution in [3.8, 4) is 5.88 Å². The molecule has 0 aliphatic carbocycles. The largest absolute Gasteiger partial charge is 0.480 e. The first-order valence-electron chi connectivity index (χ1n) is 9.29. The van der Waals surface area contributed by atoms with E-state index >= 15 is 0 Å². The van der Waals surface area contributed by atoms with Crippen molar-refractivity contribution in [3.05, 3.63) is 53.2 Å². The van der Waals surface area contributed by atoms with Crippen LogP contribution in [0.25, 0.3) is 0 Å². The summed E-state index contributed by atoms with van der Waals surface area (Å²) in [5.74, 6) is 0.137. The molecule has 0 radical (unpaired) electrons. The molecule has 1 amide bonds. The maximum Gasteiger partial charge on any atom is 0.276 e. The van der Waals surface area contributed by atoms with Crippen LogP contribution in [0.2, 0.25) is 0 Å². The number of aromatic nitrogens is 1. The van der Waals surface area contributed by atoms with E-state index in [9.17, 15) is 13.2 Å². The molecule has 1 saturated heterocycles. The first-order valence-corrected chi connectivity index (χ1v) is 10.8. The number of anilines is 1. The molecule has 156 valence electrons. The van der Waals surface area contributed by atoms with Gasteiger partial charge in [-0.1, -0.05) is 38.1 Å². The number of carbonyl (C=O) groups is 1. The van der Waals surface area contributed by atoms with Gasteiger partial charge in [0.15, 0.2) is 0 Å². The number of carbonyl (C=O) groups excluding carboxylic acids is 1. The number of methoxy groups -OCH3 is 1. The molecule has 1 aromatic heterocycles. The third-order valence-corrected chi connectivity index (χ3v) is 6.20. The second-order valence-electron chi connectivity index (χ2n) is 7.60. The van der Waals surface area contributed by atoms with Crippen molar-refractivity contribution < 1.29 is 17.9 Å². The van der Waals surface area contributed by atoms with Gasteiger partial charge in [0.1, 0.15) is 11.1 Å². The summed E-state index contributed by atoms with van der Waals surface area (Å²) in [4.78, 5) is 17.7. The molecule has 0 atom stereocenters. The Kier molecular flexibility index (Phi) is 5.66. The van der Waals surface area contributed by atoms with E-state index in [1.165, 1.54) is 7.11 Å². The molecule has 1 aromatic carbocycles. The third kappa shape index (κ3) is 3.98. The maximum atomic E-state index is 13.5. The van der Waals surface area contributed by atoms with Crippen LogP contribution >= 0.6 is 0 Å². The summed E-state index contributed by atoms with van der Waals surface area (Å²) in [6.45, 7) is 5.84. The van der Waals surface area contributed by atoms with Gasteiger partial charge >= 0.3 is 0 Å². The van der Waals surface area contributed by atoms with Gasteiger partial charge < -0.3 is 10.1 Å².